The van der Waals surface area contributed by atoms with E-state index in [1.54, 1.807) is 0 Å². The maximum atomic E-state index is 7.00. The van der Waals surface area contributed by atoms with Crippen LogP contribution in [0.4, 0.5) is 0 Å². The molecular weight excluding hydrogens is 68.0 g/mol. The number of hydrogen-bond donors (Lipinski definition) is 3. The van der Waals surface area contributed by atoms with E-state index in [-0.39, 0.29) is 0 Å². The molecule has 0 spiro atoms. The minimum atomic E-state index is 0.750. The van der Waals surface area contributed by atoms with E-state index in [1.807, 2.05) is 0 Å². The monoisotopic (exact) mass is 76.1 g/mol. The first-order valence-electron chi connectivity index (χ1n) is 1.07. The zero-order valence-corrected chi connectivity index (χ0v) is 3.10. The predicted molar refractivity (Wildman–Crippen MR) is 21.1 cm³/mol. The number of rotatable bonds is 0. The molecule has 0 aromatic carbocycles. The van der Waals surface area contributed by atoms with Crippen molar-refractivity contribution >= 4 is 6.34 Å². The largest absolute Gasteiger partial charge is 0.400 e. The lowest BCUT2D eigenvalue weighted by Gasteiger charge is -1.38. The topological polar surface area (TPSA) is 70.1 Å². The van der Waals surface area contributed by atoms with E-state index in [0.717, 1.165) is 13.4 Å². The molecule has 0 saturated carbocycles. The quantitative estimate of drug-likeness (QED) is 0.260. The van der Waals surface area contributed by atoms with Crippen molar-refractivity contribution < 1.29 is 5.11 Å². The van der Waals surface area contributed by atoms with Crippen LogP contribution in [0, 0.1) is 5.41 Å². The number of aliphatic hydroxyl groups excluding tert-OH is 1. The Morgan fingerprint density at radius 1 is 1.80 bits per heavy atom. The highest BCUT2D eigenvalue weighted by atomic mass is 16.2. The zero-order valence-electron chi connectivity index (χ0n) is 3.10. The van der Waals surface area contributed by atoms with Crippen LogP contribution in [0.2, 0.25) is 0 Å². The fourth-order valence-corrected chi connectivity index (χ4v) is 0. The molecule has 0 aliphatic rings. The molecule has 4 N–H and O–H groups in total. The fraction of sp³-hybridized carbons (Fsp3) is 0.500. The Bertz CT molecular complexity index is 15.1. The Hall–Kier alpha value is -0.570. The van der Waals surface area contributed by atoms with E-state index in [0.29, 0.717) is 0 Å². The van der Waals surface area contributed by atoms with Gasteiger partial charge in [0, 0.05) is 7.11 Å². The van der Waals surface area contributed by atoms with Gasteiger partial charge in [-0.1, -0.05) is 0 Å². The molecule has 0 aliphatic heterocycles. The number of nitrogens with one attached hydrogen (secondary N) is 1. The van der Waals surface area contributed by atoms with Gasteiger partial charge >= 0.3 is 0 Å². The SMILES string of the molecule is CO.N=CN. The molecule has 0 rings (SSSR count). The van der Waals surface area contributed by atoms with Crippen LogP contribution in [0.25, 0.3) is 0 Å². The van der Waals surface area contributed by atoms with Gasteiger partial charge in [0.15, 0.2) is 0 Å². The Labute approximate surface area is 30.9 Å². The van der Waals surface area contributed by atoms with Gasteiger partial charge in [0.05, 0.1) is 6.34 Å². The highest BCUT2D eigenvalue weighted by Gasteiger charge is 1.10. The minimum absolute atomic E-state index is 0.750. The summed E-state index contributed by atoms with van der Waals surface area (Å²) in [5.74, 6) is 0. The molecule has 0 saturated heterocycles. The number of hydrogen-bond acceptors (Lipinski definition) is 2. The van der Waals surface area contributed by atoms with Crippen molar-refractivity contribution in [2.24, 2.45) is 5.73 Å². The second kappa shape index (κ2) is 110. The summed E-state index contributed by atoms with van der Waals surface area (Å²) >= 11 is 0. The molecule has 0 aromatic rings. The van der Waals surface area contributed by atoms with Crippen LogP contribution in [0.1, 0.15) is 0 Å². The van der Waals surface area contributed by atoms with Gasteiger partial charge in [0.1, 0.15) is 0 Å². The fourth-order valence-electron chi connectivity index (χ4n) is 0. The molecule has 0 unspecified atom stereocenters. The molecule has 0 aromatic heterocycles. The summed E-state index contributed by atoms with van der Waals surface area (Å²) < 4.78 is 0. The van der Waals surface area contributed by atoms with E-state index >= 15 is 0 Å². The van der Waals surface area contributed by atoms with Crippen molar-refractivity contribution in [3.8, 4) is 0 Å². The number of nitrogens with two attached hydrogens (primary N) is 1. The van der Waals surface area contributed by atoms with Crippen molar-refractivity contribution in [3.63, 3.8) is 0 Å². The van der Waals surface area contributed by atoms with Crippen LogP contribution < -0.4 is 5.73 Å². The lowest BCUT2D eigenvalue weighted by atomic mass is 11.4. The van der Waals surface area contributed by atoms with Gasteiger partial charge < -0.3 is 10.8 Å². The molecule has 3 nitrogen and oxygen atoms in total. The van der Waals surface area contributed by atoms with Crippen LogP contribution in [-0.4, -0.2) is 18.6 Å². The zero-order chi connectivity index (χ0) is 4.71. The van der Waals surface area contributed by atoms with E-state index in [1.165, 1.54) is 0 Å². The molecule has 0 amide bonds. The normalized spacial score (nSPS) is 3.60. The van der Waals surface area contributed by atoms with Gasteiger partial charge in [0.25, 0.3) is 0 Å². The third-order valence-electron chi connectivity index (χ3n) is 0. The minimum Gasteiger partial charge on any atom is -0.400 e. The van der Waals surface area contributed by atoms with Gasteiger partial charge in [-0.05, 0) is 0 Å². The van der Waals surface area contributed by atoms with Crippen LogP contribution in [0.15, 0.2) is 0 Å². The maximum Gasteiger partial charge on any atom is 0.0765 e. The first-order valence-corrected chi connectivity index (χ1v) is 1.07. The standard InChI is InChI=1S/CH4N2.CH4O/c2-1-3;1-2/h1H,(H3,2,3);2H,1H3. The molecule has 0 radical (unpaired) electrons. The third-order valence-corrected chi connectivity index (χ3v) is 0. The van der Waals surface area contributed by atoms with Crippen molar-refractivity contribution in [2.75, 3.05) is 7.11 Å². The van der Waals surface area contributed by atoms with Crippen molar-refractivity contribution in [3.05, 3.63) is 0 Å². The Balaban J connectivity index is 0. The van der Waals surface area contributed by atoms with Crippen molar-refractivity contribution in [1.82, 2.24) is 0 Å². The summed E-state index contributed by atoms with van der Waals surface area (Å²) in [7, 11) is 1.00. The second-order valence-electron chi connectivity index (χ2n) is 0.167. The van der Waals surface area contributed by atoms with Crippen molar-refractivity contribution in [1.29, 1.82) is 5.41 Å². The molecule has 0 heterocycles. The second-order valence-corrected chi connectivity index (χ2v) is 0.167. The molecule has 32 valence electrons. The lowest BCUT2D eigenvalue weighted by molar-refractivity contribution is 0.399. The summed E-state index contributed by atoms with van der Waals surface area (Å²) in [6.45, 7) is 0. The van der Waals surface area contributed by atoms with Gasteiger partial charge in [-0.25, -0.2) is 0 Å². The molecule has 0 fully saturated rings. The van der Waals surface area contributed by atoms with E-state index in [9.17, 15) is 0 Å². The van der Waals surface area contributed by atoms with E-state index in [4.69, 9.17) is 10.5 Å². The summed E-state index contributed by atoms with van der Waals surface area (Å²) in [6.07, 6.45) is 0.750. The smallest absolute Gasteiger partial charge is 0.0765 e. The third kappa shape index (κ3) is 21.6. The summed E-state index contributed by atoms with van der Waals surface area (Å²) in [6, 6.07) is 0. The lowest BCUT2D eigenvalue weighted by Crippen LogP contribution is -1.81. The number of aliphatic hydroxyl groups is 1. The Morgan fingerprint density at radius 2 is 1.80 bits per heavy atom. The van der Waals surface area contributed by atoms with Crippen molar-refractivity contribution in [2.45, 2.75) is 0 Å². The Kier molecular flexibility index (Phi) is 193. The average molecular weight is 76.1 g/mol. The van der Waals surface area contributed by atoms with E-state index in [2.05, 4.69) is 5.73 Å². The molecule has 0 atom stereocenters. The predicted octanol–water partition coefficient (Wildman–Crippen LogP) is -0.839. The summed E-state index contributed by atoms with van der Waals surface area (Å²) in [4.78, 5) is 0. The van der Waals surface area contributed by atoms with Crippen LogP contribution in [0.5, 0.6) is 0 Å². The van der Waals surface area contributed by atoms with Crippen LogP contribution in [-0.2, 0) is 0 Å². The maximum absolute atomic E-state index is 7.00. The van der Waals surface area contributed by atoms with Gasteiger partial charge in [0.2, 0.25) is 0 Å². The van der Waals surface area contributed by atoms with Gasteiger partial charge in [-0.2, -0.15) is 0 Å². The molecule has 5 heavy (non-hydrogen) atoms. The average Bonchev–Trinajstić information content (AvgIpc) is 1.46. The van der Waals surface area contributed by atoms with Gasteiger partial charge in [-0.15, -0.1) is 0 Å². The molecule has 0 aliphatic carbocycles. The van der Waals surface area contributed by atoms with Gasteiger partial charge in [-0.3, -0.25) is 5.41 Å². The summed E-state index contributed by atoms with van der Waals surface area (Å²) in [5.41, 5.74) is 4.39. The van der Waals surface area contributed by atoms with Crippen LogP contribution in [0.3, 0.4) is 0 Å². The molecule has 0 bridgehead atoms. The summed E-state index contributed by atoms with van der Waals surface area (Å²) in [5, 5.41) is 12.9. The first-order chi connectivity index (χ1) is 2.41. The van der Waals surface area contributed by atoms with Crippen LogP contribution >= 0.6 is 0 Å². The molecule has 3 heteroatoms. The highest BCUT2D eigenvalue weighted by molar-refractivity contribution is 5.46. The van der Waals surface area contributed by atoms with E-state index < -0.39 is 0 Å². The first kappa shape index (κ1) is 8.83. The Morgan fingerprint density at radius 3 is 1.80 bits per heavy atom. The highest BCUT2D eigenvalue weighted by Crippen LogP contribution is 0.879. The molecular formula is C2H8N2O.